The largest absolute Gasteiger partial charge is 0.435 e. The molecule has 1 N–H and O–H groups in total. The van der Waals surface area contributed by atoms with Crippen LogP contribution in [-0.2, 0) is 23.0 Å². The molecule has 0 radical (unpaired) electrons. The molecule has 2 aromatic rings. The van der Waals surface area contributed by atoms with Crippen molar-refractivity contribution in [2.75, 3.05) is 20.1 Å². The van der Waals surface area contributed by atoms with E-state index in [1.54, 1.807) is 12.1 Å². The van der Waals surface area contributed by atoms with Crippen LogP contribution in [0.15, 0.2) is 53.4 Å². The summed E-state index contributed by atoms with van der Waals surface area (Å²) in [6.07, 6.45) is 3.09. The van der Waals surface area contributed by atoms with Gasteiger partial charge in [-0.2, -0.15) is 8.78 Å². The van der Waals surface area contributed by atoms with Crippen molar-refractivity contribution in [3.63, 3.8) is 0 Å². The fourth-order valence-corrected chi connectivity index (χ4v) is 4.70. The first kappa shape index (κ1) is 22.4. The number of hydrogen-bond donors (Lipinski definition) is 1. The minimum atomic E-state index is -3.57. The Morgan fingerprint density at radius 3 is 2.63 bits per heavy atom. The Labute approximate surface area is 176 Å². The third-order valence-electron chi connectivity index (χ3n) is 4.95. The van der Waals surface area contributed by atoms with Gasteiger partial charge in [0, 0.05) is 13.1 Å². The molecule has 162 valence electrons. The number of fused-ring (bicyclic) bond motifs is 1. The van der Waals surface area contributed by atoms with Crippen molar-refractivity contribution >= 4 is 16.1 Å². The zero-order valence-corrected chi connectivity index (χ0v) is 17.7. The molecular weight excluding hydrogens is 410 g/mol. The lowest BCUT2D eigenvalue weighted by molar-refractivity contribution is -0.0498. The zero-order chi connectivity index (χ0) is 21.6. The first-order valence-electron chi connectivity index (χ1n) is 9.84. The monoisotopic (exact) mass is 436 g/mol. The minimum absolute atomic E-state index is 0.0844. The van der Waals surface area contributed by atoms with Gasteiger partial charge in [0.05, 0.1) is 4.91 Å². The van der Waals surface area contributed by atoms with Crippen LogP contribution in [0.25, 0.3) is 6.08 Å². The molecule has 5 nitrogen and oxygen atoms in total. The van der Waals surface area contributed by atoms with Gasteiger partial charge < -0.3 is 9.64 Å². The van der Waals surface area contributed by atoms with E-state index < -0.39 is 16.6 Å². The molecule has 2 aromatic carbocycles. The molecule has 0 unspecified atom stereocenters. The summed E-state index contributed by atoms with van der Waals surface area (Å²) in [4.78, 5) is 2.47. The highest BCUT2D eigenvalue weighted by molar-refractivity contribution is 7.93. The molecule has 0 aromatic heterocycles. The molecule has 0 saturated heterocycles. The lowest BCUT2D eigenvalue weighted by atomic mass is 9.97. The number of nitrogens with zero attached hydrogens (tertiary/aromatic N) is 1. The van der Waals surface area contributed by atoms with Crippen molar-refractivity contribution in [2.45, 2.75) is 32.4 Å². The second-order valence-corrected chi connectivity index (χ2v) is 9.14. The Morgan fingerprint density at radius 2 is 1.90 bits per heavy atom. The highest BCUT2D eigenvalue weighted by Gasteiger charge is 2.22. The summed E-state index contributed by atoms with van der Waals surface area (Å²) in [7, 11) is -1.56. The first-order valence-corrected chi connectivity index (χ1v) is 11.3. The van der Waals surface area contributed by atoms with E-state index in [1.165, 1.54) is 17.7 Å². The van der Waals surface area contributed by atoms with Crippen LogP contribution in [0.4, 0.5) is 8.78 Å². The number of sulfonamides is 1. The Bertz CT molecular complexity index is 979. The van der Waals surface area contributed by atoms with Gasteiger partial charge in [-0.15, -0.1) is 0 Å². The number of nitrogens with one attached hydrogen (secondary N) is 1. The number of allylic oxidation sites excluding steroid dienone is 1. The maximum atomic E-state index is 12.6. The normalized spacial score (nSPS) is 14.0. The van der Waals surface area contributed by atoms with E-state index in [1.807, 2.05) is 25.2 Å². The molecule has 0 fully saturated rings. The molecule has 3 rings (SSSR count). The molecule has 0 amide bonds. The van der Waals surface area contributed by atoms with Gasteiger partial charge in [0.1, 0.15) is 5.75 Å². The number of ether oxygens (including phenoxy) is 1. The summed E-state index contributed by atoms with van der Waals surface area (Å²) in [6, 6.07) is 14.7. The minimum Gasteiger partial charge on any atom is -0.435 e. The van der Waals surface area contributed by atoms with Gasteiger partial charge in [-0.1, -0.05) is 36.4 Å². The Kier molecular flexibility index (Phi) is 7.58. The predicted molar refractivity (Wildman–Crippen MR) is 114 cm³/mol. The Balaban J connectivity index is 1.51. The fourth-order valence-electron chi connectivity index (χ4n) is 3.45. The number of aryl methyl sites for hydroxylation is 1. The maximum absolute atomic E-state index is 12.6. The van der Waals surface area contributed by atoms with Crippen molar-refractivity contribution in [1.29, 1.82) is 0 Å². The lowest BCUT2D eigenvalue weighted by Crippen LogP contribution is -2.29. The van der Waals surface area contributed by atoms with Crippen LogP contribution >= 0.6 is 0 Å². The third kappa shape index (κ3) is 6.35. The summed E-state index contributed by atoms with van der Waals surface area (Å²) < 4.78 is 57.0. The van der Waals surface area contributed by atoms with Gasteiger partial charge in [0.2, 0.25) is 10.0 Å². The number of hydrogen-bond acceptors (Lipinski definition) is 4. The van der Waals surface area contributed by atoms with Crippen LogP contribution in [-0.4, -0.2) is 40.1 Å². The second kappa shape index (κ2) is 10.1. The van der Waals surface area contributed by atoms with Gasteiger partial charge in [-0.05, 0) is 67.8 Å². The van der Waals surface area contributed by atoms with Gasteiger partial charge >= 0.3 is 6.61 Å². The average Bonchev–Trinajstić information content (AvgIpc) is 2.71. The van der Waals surface area contributed by atoms with E-state index in [9.17, 15) is 17.2 Å². The maximum Gasteiger partial charge on any atom is 0.387 e. The molecule has 0 heterocycles. The quantitative estimate of drug-likeness (QED) is 0.572. The number of alkyl halides is 2. The Morgan fingerprint density at radius 1 is 1.13 bits per heavy atom. The molecule has 0 spiro atoms. The van der Waals surface area contributed by atoms with Gasteiger partial charge in [0.15, 0.2) is 0 Å². The second-order valence-electron chi connectivity index (χ2n) is 7.32. The third-order valence-corrected chi connectivity index (χ3v) is 6.54. The van der Waals surface area contributed by atoms with Crippen LogP contribution in [0.2, 0.25) is 0 Å². The summed E-state index contributed by atoms with van der Waals surface area (Å²) >= 11 is 0. The summed E-state index contributed by atoms with van der Waals surface area (Å²) in [5.41, 5.74) is 2.73. The van der Waals surface area contributed by atoms with Crippen molar-refractivity contribution in [3.05, 3.63) is 70.1 Å². The predicted octanol–water partition coefficient (Wildman–Crippen LogP) is 4.02. The Hall–Kier alpha value is -2.29. The van der Waals surface area contributed by atoms with Crippen molar-refractivity contribution in [1.82, 2.24) is 9.62 Å². The summed E-state index contributed by atoms with van der Waals surface area (Å²) in [5.74, 6) is 0.0844. The topological polar surface area (TPSA) is 58.6 Å². The van der Waals surface area contributed by atoms with E-state index in [0.717, 1.165) is 18.7 Å². The van der Waals surface area contributed by atoms with Crippen molar-refractivity contribution in [3.8, 4) is 5.75 Å². The van der Waals surface area contributed by atoms with Crippen LogP contribution in [0, 0.1) is 0 Å². The van der Waals surface area contributed by atoms with E-state index in [4.69, 9.17) is 0 Å². The van der Waals surface area contributed by atoms with Gasteiger partial charge in [-0.3, -0.25) is 0 Å². The number of halogens is 2. The van der Waals surface area contributed by atoms with Crippen LogP contribution in [0.5, 0.6) is 5.75 Å². The van der Waals surface area contributed by atoms with Gasteiger partial charge in [-0.25, -0.2) is 13.1 Å². The van der Waals surface area contributed by atoms with E-state index in [0.29, 0.717) is 36.3 Å². The standard InChI is InChI=1S/C22H26F2N2O3S/c1-26(16-17-6-3-2-4-7-17)13-5-12-25-30(27,28)21-11-9-18-14-20(29-22(23)24)10-8-19(18)15-21/h2-4,6-8,10,14-15,22,25H,5,9,11-13,16H2,1H3. The molecular formula is C22H26F2N2O3S. The molecule has 0 atom stereocenters. The fraction of sp³-hybridized carbons (Fsp3) is 0.364. The molecule has 0 saturated carbocycles. The van der Waals surface area contributed by atoms with E-state index in [2.05, 4.69) is 26.5 Å². The van der Waals surface area contributed by atoms with Gasteiger partial charge in [0.25, 0.3) is 0 Å². The highest BCUT2D eigenvalue weighted by Crippen LogP contribution is 2.30. The number of rotatable bonds is 10. The van der Waals surface area contributed by atoms with Crippen LogP contribution in [0.1, 0.15) is 29.5 Å². The lowest BCUT2D eigenvalue weighted by Gasteiger charge is -2.19. The van der Waals surface area contributed by atoms with E-state index in [-0.39, 0.29) is 5.75 Å². The molecule has 1 aliphatic rings. The van der Waals surface area contributed by atoms with Crippen molar-refractivity contribution in [2.24, 2.45) is 0 Å². The van der Waals surface area contributed by atoms with Crippen LogP contribution in [0.3, 0.4) is 0 Å². The SMILES string of the molecule is CN(CCCNS(=O)(=O)C1=Cc2ccc(OC(F)F)cc2CC1)Cc1ccccc1. The molecule has 1 aliphatic carbocycles. The summed E-state index contributed by atoms with van der Waals surface area (Å²) in [5, 5.41) is 0. The van der Waals surface area contributed by atoms with Crippen LogP contribution < -0.4 is 9.46 Å². The average molecular weight is 437 g/mol. The summed E-state index contributed by atoms with van der Waals surface area (Å²) in [6.45, 7) is -0.944. The molecule has 0 aliphatic heterocycles. The smallest absolute Gasteiger partial charge is 0.387 e. The number of benzene rings is 2. The highest BCUT2D eigenvalue weighted by atomic mass is 32.2. The van der Waals surface area contributed by atoms with Crippen molar-refractivity contribution < 1.29 is 21.9 Å². The zero-order valence-electron chi connectivity index (χ0n) is 16.9. The molecule has 8 heteroatoms. The molecule has 0 bridgehead atoms. The first-order chi connectivity index (χ1) is 14.3. The molecule has 30 heavy (non-hydrogen) atoms. The van der Waals surface area contributed by atoms with E-state index >= 15 is 0 Å².